The summed E-state index contributed by atoms with van der Waals surface area (Å²) >= 11 is 0. The molecule has 3 aromatic carbocycles. The summed E-state index contributed by atoms with van der Waals surface area (Å²) in [5.74, 6) is -1.19. The zero-order valence-electron chi connectivity index (χ0n) is 13.9. The van der Waals surface area contributed by atoms with E-state index in [2.05, 4.69) is 5.32 Å². The largest absolute Gasteiger partial charge is 0.478 e. The van der Waals surface area contributed by atoms with Crippen molar-refractivity contribution in [2.24, 2.45) is 0 Å². The van der Waals surface area contributed by atoms with Gasteiger partial charge in [0.1, 0.15) is 0 Å². The standard InChI is InChI=1S/C22H17NO3/c24-21(17-11-5-2-6-12-17)15-20(16-9-3-1-4-10-16)23-19-14-8-7-13-18(19)22(25)26/h1-15,23H,(H,25,26)/b20-15-. The Bertz CT molecular complexity index is 947. The van der Waals surface area contributed by atoms with Crippen molar-refractivity contribution in [1.29, 1.82) is 0 Å². The molecule has 0 radical (unpaired) electrons. The highest BCUT2D eigenvalue weighted by Gasteiger charge is 2.12. The molecule has 4 heteroatoms. The van der Waals surface area contributed by atoms with E-state index in [0.29, 0.717) is 16.9 Å². The fourth-order valence-corrected chi connectivity index (χ4v) is 2.55. The van der Waals surface area contributed by atoms with Crippen molar-refractivity contribution in [2.75, 3.05) is 5.32 Å². The number of nitrogens with one attached hydrogen (secondary N) is 1. The third-order valence-electron chi connectivity index (χ3n) is 3.85. The van der Waals surface area contributed by atoms with Crippen LogP contribution >= 0.6 is 0 Å². The first-order valence-corrected chi connectivity index (χ1v) is 8.11. The molecule has 2 N–H and O–H groups in total. The average molecular weight is 343 g/mol. The highest BCUT2D eigenvalue weighted by atomic mass is 16.4. The fraction of sp³-hybridized carbons (Fsp3) is 0. The van der Waals surface area contributed by atoms with Crippen molar-refractivity contribution in [2.45, 2.75) is 0 Å². The average Bonchev–Trinajstić information content (AvgIpc) is 2.69. The summed E-state index contributed by atoms with van der Waals surface area (Å²) in [6, 6.07) is 24.9. The van der Waals surface area contributed by atoms with Crippen LogP contribution in [-0.4, -0.2) is 16.9 Å². The van der Waals surface area contributed by atoms with Gasteiger partial charge in [0, 0.05) is 17.3 Å². The lowest BCUT2D eigenvalue weighted by molar-refractivity contribution is 0.0698. The number of benzene rings is 3. The van der Waals surface area contributed by atoms with Gasteiger partial charge < -0.3 is 10.4 Å². The monoisotopic (exact) mass is 343 g/mol. The second-order valence-electron chi connectivity index (χ2n) is 5.63. The highest BCUT2D eigenvalue weighted by Crippen LogP contribution is 2.23. The number of anilines is 1. The summed E-state index contributed by atoms with van der Waals surface area (Å²) in [4.78, 5) is 24.1. The molecule has 0 atom stereocenters. The topological polar surface area (TPSA) is 66.4 Å². The van der Waals surface area contributed by atoms with Crippen molar-refractivity contribution >= 4 is 23.1 Å². The lowest BCUT2D eigenvalue weighted by Gasteiger charge is -2.13. The van der Waals surface area contributed by atoms with Gasteiger partial charge >= 0.3 is 5.97 Å². The number of carbonyl (C=O) groups is 2. The number of ketones is 1. The number of carbonyl (C=O) groups excluding carboxylic acids is 1. The lowest BCUT2D eigenvalue weighted by atomic mass is 10.1. The van der Waals surface area contributed by atoms with Gasteiger partial charge in [0.05, 0.1) is 11.3 Å². The Hall–Kier alpha value is -3.66. The molecule has 0 bridgehead atoms. The van der Waals surface area contributed by atoms with Gasteiger partial charge in [0.25, 0.3) is 0 Å². The number of rotatable bonds is 6. The Morgan fingerprint density at radius 1 is 0.731 bits per heavy atom. The summed E-state index contributed by atoms with van der Waals surface area (Å²) in [6.45, 7) is 0. The Balaban J connectivity index is 2.02. The Morgan fingerprint density at radius 3 is 1.88 bits per heavy atom. The van der Waals surface area contributed by atoms with Crippen LogP contribution in [0.25, 0.3) is 5.70 Å². The molecule has 3 rings (SSSR count). The van der Waals surface area contributed by atoms with E-state index in [1.165, 1.54) is 12.1 Å². The molecule has 0 saturated heterocycles. The quantitative estimate of drug-likeness (QED) is 0.502. The molecule has 0 fully saturated rings. The Kier molecular flexibility index (Phi) is 5.25. The van der Waals surface area contributed by atoms with E-state index in [0.717, 1.165) is 5.56 Å². The number of aromatic carboxylic acids is 1. The van der Waals surface area contributed by atoms with Crippen LogP contribution in [0.1, 0.15) is 26.3 Å². The molecule has 0 spiro atoms. The lowest BCUT2D eigenvalue weighted by Crippen LogP contribution is -2.07. The molecule has 0 unspecified atom stereocenters. The van der Waals surface area contributed by atoms with E-state index in [1.807, 2.05) is 36.4 Å². The number of carboxylic acid groups (broad SMARTS) is 1. The first-order valence-electron chi connectivity index (χ1n) is 8.11. The minimum atomic E-state index is -1.03. The predicted molar refractivity (Wildman–Crippen MR) is 102 cm³/mol. The van der Waals surface area contributed by atoms with Crippen molar-refractivity contribution in [1.82, 2.24) is 0 Å². The predicted octanol–water partition coefficient (Wildman–Crippen LogP) is 4.72. The van der Waals surface area contributed by atoms with Crippen molar-refractivity contribution in [3.63, 3.8) is 0 Å². The van der Waals surface area contributed by atoms with E-state index in [1.54, 1.807) is 42.5 Å². The molecule has 0 aliphatic rings. The number of carboxylic acids is 1. The number of allylic oxidation sites excluding steroid dienone is 1. The van der Waals surface area contributed by atoms with Gasteiger partial charge in [0.15, 0.2) is 5.78 Å². The van der Waals surface area contributed by atoms with Gasteiger partial charge in [-0.25, -0.2) is 4.79 Å². The van der Waals surface area contributed by atoms with E-state index in [-0.39, 0.29) is 11.3 Å². The molecule has 128 valence electrons. The summed E-state index contributed by atoms with van der Waals surface area (Å²) in [6.07, 6.45) is 1.49. The number of para-hydroxylation sites is 1. The van der Waals surface area contributed by atoms with Gasteiger partial charge in [0.2, 0.25) is 0 Å². The van der Waals surface area contributed by atoms with Gasteiger partial charge in [-0.05, 0) is 17.7 Å². The SMILES string of the molecule is O=C(/C=C(\Nc1ccccc1C(=O)O)c1ccccc1)c1ccccc1. The number of hydrogen-bond acceptors (Lipinski definition) is 3. The molecular formula is C22H17NO3. The second kappa shape index (κ2) is 7.94. The van der Waals surface area contributed by atoms with Crippen LogP contribution in [0, 0.1) is 0 Å². The minimum absolute atomic E-state index is 0.140. The fourth-order valence-electron chi connectivity index (χ4n) is 2.55. The molecule has 4 nitrogen and oxygen atoms in total. The van der Waals surface area contributed by atoms with Gasteiger partial charge in [-0.15, -0.1) is 0 Å². The summed E-state index contributed by atoms with van der Waals surface area (Å²) < 4.78 is 0. The number of hydrogen-bond donors (Lipinski definition) is 2. The Labute approximate surface area is 151 Å². The minimum Gasteiger partial charge on any atom is -0.478 e. The maximum atomic E-state index is 12.6. The molecule has 0 saturated carbocycles. The van der Waals surface area contributed by atoms with Crippen LogP contribution in [0.15, 0.2) is 91.0 Å². The zero-order valence-corrected chi connectivity index (χ0v) is 13.9. The third kappa shape index (κ3) is 4.05. The van der Waals surface area contributed by atoms with Crippen LogP contribution in [0.3, 0.4) is 0 Å². The highest BCUT2D eigenvalue weighted by molar-refractivity contribution is 6.10. The van der Waals surface area contributed by atoms with Crippen LogP contribution in [0.2, 0.25) is 0 Å². The van der Waals surface area contributed by atoms with E-state index in [9.17, 15) is 14.7 Å². The van der Waals surface area contributed by atoms with Crippen molar-refractivity contribution in [3.8, 4) is 0 Å². The Morgan fingerprint density at radius 2 is 1.27 bits per heavy atom. The van der Waals surface area contributed by atoms with Crippen LogP contribution < -0.4 is 5.32 Å². The van der Waals surface area contributed by atoms with Crippen molar-refractivity contribution < 1.29 is 14.7 Å². The molecule has 0 amide bonds. The van der Waals surface area contributed by atoms with E-state index in [4.69, 9.17) is 0 Å². The summed E-state index contributed by atoms with van der Waals surface area (Å²) in [5, 5.41) is 12.5. The maximum Gasteiger partial charge on any atom is 0.337 e. The van der Waals surface area contributed by atoms with Gasteiger partial charge in [-0.2, -0.15) is 0 Å². The van der Waals surface area contributed by atoms with Gasteiger partial charge in [-0.1, -0.05) is 72.8 Å². The maximum absolute atomic E-state index is 12.6. The zero-order chi connectivity index (χ0) is 18.4. The molecule has 0 aliphatic heterocycles. The smallest absolute Gasteiger partial charge is 0.337 e. The second-order valence-corrected chi connectivity index (χ2v) is 5.63. The third-order valence-corrected chi connectivity index (χ3v) is 3.85. The van der Waals surface area contributed by atoms with E-state index >= 15 is 0 Å². The normalized spacial score (nSPS) is 11.0. The molecule has 0 heterocycles. The van der Waals surface area contributed by atoms with Crippen molar-refractivity contribution in [3.05, 3.63) is 108 Å². The van der Waals surface area contributed by atoms with Crippen LogP contribution in [-0.2, 0) is 0 Å². The summed E-state index contributed by atoms with van der Waals surface area (Å²) in [7, 11) is 0. The molecule has 0 aromatic heterocycles. The first-order chi connectivity index (χ1) is 12.6. The molecule has 0 aliphatic carbocycles. The van der Waals surface area contributed by atoms with Crippen LogP contribution in [0.5, 0.6) is 0 Å². The van der Waals surface area contributed by atoms with E-state index < -0.39 is 5.97 Å². The van der Waals surface area contributed by atoms with Crippen LogP contribution in [0.4, 0.5) is 5.69 Å². The first kappa shape index (κ1) is 17.2. The molecule has 26 heavy (non-hydrogen) atoms. The summed E-state index contributed by atoms with van der Waals surface area (Å²) in [5.41, 5.74) is 2.46. The van der Waals surface area contributed by atoms with Gasteiger partial charge in [-0.3, -0.25) is 4.79 Å². The molecule has 3 aromatic rings. The molecular weight excluding hydrogens is 326 g/mol.